The van der Waals surface area contributed by atoms with Crippen LogP contribution in [-0.4, -0.2) is 17.9 Å². The fourth-order valence-corrected chi connectivity index (χ4v) is 3.07. The Morgan fingerprint density at radius 3 is 1.86 bits per heavy atom. The normalized spacial score (nSPS) is 13.1. The van der Waals surface area contributed by atoms with E-state index in [2.05, 4.69) is 61.0 Å². The number of benzene rings is 2. The van der Waals surface area contributed by atoms with Gasteiger partial charge >= 0.3 is 0 Å². The Balaban J connectivity index is 2.01. The van der Waals surface area contributed by atoms with Crippen molar-refractivity contribution in [2.45, 2.75) is 53.1 Å². The highest BCUT2D eigenvalue weighted by molar-refractivity contribution is 5.95. The zero-order valence-electron chi connectivity index (χ0n) is 17.4. The molecule has 0 saturated carbocycles. The van der Waals surface area contributed by atoms with Crippen LogP contribution in [0, 0.1) is 5.92 Å². The van der Waals surface area contributed by atoms with Crippen LogP contribution in [0.3, 0.4) is 0 Å². The van der Waals surface area contributed by atoms with Gasteiger partial charge in [-0.25, -0.2) is 0 Å². The van der Waals surface area contributed by atoms with Gasteiger partial charge in [0.05, 0.1) is 6.04 Å². The Labute approximate surface area is 167 Å². The standard InChI is InChI=1S/C23H31N3O2/c1-6-18-7-9-19(10-8-18)22(15(2)3)24-16(4)23(28)26-21-13-11-20(12-14-21)25-17(5)27/h7-16,22,24H,6H2,1-5H3,(H,25,27)(H,26,28)/t16-,22-/m1/s1. The second kappa shape index (κ2) is 10.0. The lowest BCUT2D eigenvalue weighted by Gasteiger charge is -2.26. The van der Waals surface area contributed by atoms with Crippen molar-refractivity contribution in [1.29, 1.82) is 0 Å². The van der Waals surface area contributed by atoms with E-state index >= 15 is 0 Å². The molecule has 5 nitrogen and oxygen atoms in total. The molecule has 0 unspecified atom stereocenters. The van der Waals surface area contributed by atoms with Gasteiger partial charge in [0.15, 0.2) is 0 Å². The van der Waals surface area contributed by atoms with E-state index in [1.54, 1.807) is 24.3 Å². The summed E-state index contributed by atoms with van der Waals surface area (Å²) in [4.78, 5) is 23.7. The van der Waals surface area contributed by atoms with Gasteiger partial charge in [-0.15, -0.1) is 0 Å². The molecule has 150 valence electrons. The third-order valence-corrected chi connectivity index (χ3v) is 4.71. The zero-order valence-corrected chi connectivity index (χ0v) is 17.4. The number of carbonyl (C=O) groups excluding carboxylic acids is 2. The van der Waals surface area contributed by atoms with Gasteiger partial charge in [-0.1, -0.05) is 45.0 Å². The predicted molar refractivity (Wildman–Crippen MR) is 115 cm³/mol. The highest BCUT2D eigenvalue weighted by Crippen LogP contribution is 2.23. The van der Waals surface area contributed by atoms with Crippen LogP contribution in [0.25, 0.3) is 0 Å². The van der Waals surface area contributed by atoms with Crippen molar-refractivity contribution in [1.82, 2.24) is 5.32 Å². The van der Waals surface area contributed by atoms with Gasteiger partial charge in [-0.05, 0) is 54.7 Å². The fraction of sp³-hybridized carbons (Fsp3) is 0.391. The van der Waals surface area contributed by atoms with E-state index in [0.717, 1.165) is 6.42 Å². The quantitative estimate of drug-likeness (QED) is 0.629. The maximum atomic E-state index is 12.6. The van der Waals surface area contributed by atoms with Crippen LogP contribution in [0.1, 0.15) is 51.8 Å². The monoisotopic (exact) mass is 381 g/mol. The summed E-state index contributed by atoms with van der Waals surface area (Å²) in [7, 11) is 0. The van der Waals surface area contributed by atoms with Gasteiger partial charge in [-0.3, -0.25) is 14.9 Å². The van der Waals surface area contributed by atoms with E-state index in [9.17, 15) is 9.59 Å². The van der Waals surface area contributed by atoms with Gasteiger partial charge < -0.3 is 10.6 Å². The van der Waals surface area contributed by atoms with E-state index in [-0.39, 0.29) is 23.9 Å². The number of hydrogen-bond acceptors (Lipinski definition) is 3. The molecule has 2 atom stereocenters. The number of amides is 2. The molecule has 0 aromatic heterocycles. The molecule has 2 amide bonds. The Kier molecular flexibility index (Phi) is 7.76. The van der Waals surface area contributed by atoms with Crippen molar-refractivity contribution >= 4 is 23.2 Å². The molecular weight excluding hydrogens is 350 g/mol. The maximum absolute atomic E-state index is 12.6. The van der Waals surface area contributed by atoms with Gasteiger partial charge in [0, 0.05) is 24.3 Å². The van der Waals surface area contributed by atoms with Crippen molar-refractivity contribution in [2.24, 2.45) is 5.92 Å². The first-order valence-electron chi connectivity index (χ1n) is 9.83. The lowest BCUT2D eigenvalue weighted by atomic mass is 9.94. The smallest absolute Gasteiger partial charge is 0.241 e. The molecule has 3 N–H and O–H groups in total. The highest BCUT2D eigenvalue weighted by atomic mass is 16.2. The van der Waals surface area contributed by atoms with E-state index in [4.69, 9.17) is 0 Å². The van der Waals surface area contributed by atoms with E-state index in [0.29, 0.717) is 17.3 Å². The van der Waals surface area contributed by atoms with Crippen LogP contribution in [0.5, 0.6) is 0 Å². The Morgan fingerprint density at radius 1 is 0.857 bits per heavy atom. The number of rotatable bonds is 8. The van der Waals surface area contributed by atoms with Crippen LogP contribution >= 0.6 is 0 Å². The SMILES string of the molecule is CCc1ccc([C@H](N[C@H](C)C(=O)Nc2ccc(NC(C)=O)cc2)C(C)C)cc1. The largest absolute Gasteiger partial charge is 0.326 e. The molecule has 2 rings (SSSR count). The minimum absolute atomic E-state index is 0.0915. The number of nitrogens with one attached hydrogen (secondary N) is 3. The average molecular weight is 382 g/mol. The molecule has 0 saturated heterocycles. The second-order valence-electron chi connectivity index (χ2n) is 7.45. The summed E-state index contributed by atoms with van der Waals surface area (Å²) in [6, 6.07) is 15.4. The number of hydrogen-bond donors (Lipinski definition) is 3. The molecule has 0 heterocycles. The molecule has 0 fully saturated rings. The predicted octanol–water partition coefficient (Wildman–Crippen LogP) is 4.52. The van der Waals surface area contributed by atoms with E-state index < -0.39 is 0 Å². The molecular formula is C23H31N3O2. The lowest BCUT2D eigenvalue weighted by molar-refractivity contribution is -0.118. The summed E-state index contributed by atoms with van der Waals surface area (Å²) in [5.74, 6) is 0.129. The van der Waals surface area contributed by atoms with Crippen LogP contribution in [0.15, 0.2) is 48.5 Å². The molecule has 0 aliphatic heterocycles. The molecule has 0 spiro atoms. The molecule has 28 heavy (non-hydrogen) atoms. The average Bonchev–Trinajstić information content (AvgIpc) is 2.67. The molecule has 0 radical (unpaired) electrons. The molecule has 2 aromatic carbocycles. The first-order chi connectivity index (χ1) is 13.3. The Morgan fingerprint density at radius 2 is 1.39 bits per heavy atom. The Hall–Kier alpha value is -2.66. The third kappa shape index (κ3) is 6.20. The summed E-state index contributed by atoms with van der Waals surface area (Å²) in [6.45, 7) is 9.77. The van der Waals surface area contributed by atoms with Gasteiger partial charge in [-0.2, -0.15) is 0 Å². The topological polar surface area (TPSA) is 70.2 Å². The van der Waals surface area contributed by atoms with Crippen LogP contribution in [0.4, 0.5) is 11.4 Å². The van der Waals surface area contributed by atoms with E-state index in [1.807, 2.05) is 6.92 Å². The van der Waals surface area contributed by atoms with Crippen LogP contribution in [0.2, 0.25) is 0 Å². The van der Waals surface area contributed by atoms with Crippen molar-refractivity contribution in [2.75, 3.05) is 10.6 Å². The molecule has 0 aliphatic carbocycles. The fourth-order valence-electron chi connectivity index (χ4n) is 3.07. The van der Waals surface area contributed by atoms with E-state index in [1.165, 1.54) is 18.1 Å². The van der Waals surface area contributed by atoms with Crippen molar-refractivity contribution < 1.29 is 9.59 Å². The van der Waals surface area contributed by atoms with Gasteiger partial charge in [0.1, 0.15) is 0 Å². The minimum atomic E-state index is -0.353. The summed E-state index contributed by atoms with van der Waals surface area (Å²) in [5, 5.41) is 9.09. The zero-order chi connectivity index (χ0) is 20.7. The Bertz CT molecular complexity index is 782. The maximum Gasteiger partial charge on any atom is 0.241 e. The van der Waals surface area contributed by atoms with Gasteiger partial charge in [0.2, 0.25) is 11.8 Å². The molecule has 0 bridgehead atoms. The highest BCUT2D eigenvalue weighted by Gasteiger charge is 2.22. The first kappa shape index (κ1) is 21.6. The lowest BCUT2D eigenvalue weighted by Crippen LogP contribution is -2.41. The summed E-state index contributed by atoms with van der Waals surface area (Å²) in [5.41, 5.74) is 3.89. The summed E-state index contributed by atoms with van der Waals surface area (Å²) < 4.78 is 0. The molecule has 2 aromatic rings. The van der Waals surface area contributed by atoms with Gasteiger partial charge in [0.25, 0.3) is 0 Å². The summed E-state index contributed by atoms with van der Waals surface area (Å²) in [6.07, 6.45) is 1.01. The van der Waals surface area contributed by atoms with Crippen molar-refractivity contribution in [3.8, 4) is 0 Å². The number of aryl methyl sites for hydroxylation is 1. The van der Waals surface area contributed by atoms with Crippen LogP contribution < -0.4 is 16.0 Å². The first-order valence-corrected chi connectivity index (χ1v) is 9.83. The van der Waals surface area contributed by atoms with Crippen LogP contribution in [-0.2, 0) is 16.0 Å². The van der Waals surface area contributed by atoms with Crippen molar-refractivity contribution in [3.63, 3.8) is 0 Å². The third-order valence-electron chi connectivity index (χ3n) is 4.71. The second-order valence-corrected chi connectivity index (χ2v) is 7.45. The number of carbonyl (C=O) groups is 2. The number of anilines is 2. The summed E-state index contributed by atoms with van der Waals surface area (Å²) >= 11 is 0. The van der Waals surface area contributed by atoms with Crippen molar-refractivity contribution in [3.05, 3.63) is 59.7 Å². The molecule has 5 heteroatoms. The molecule has 0 aliphatic rings. The minimum Gasteiger partial charge on any atom is -0.326 e.